The van der Waals surface area contributed by atoms with Gasteiger partial charge >= 0.3 is 255 Å². The zero-order valence-corrected chi connectivity index (χ0v) is 29.7. The smallest absolute Gasteiger partial charge is 2.00 e. The van der Waals surface area contributed by atoms with E-state index in [1.807, 2.05) is 0 Å². The van der Waals surface area contributed by atoms with Crippen molar-refractivity contribution in [1.82, 2.24) is 0 Å². The molecule has 0 aliphatic heterocycles. The van der Waals surface area contributed by atoms with Crippen LogP contribution in [0, 0.1) is 0 Å². The third-order valence-electron chi connectivity index (χ3n) is 0. The molecule has 0 bridgehead atoms. The van der Waals surface area contributed by atoms with E-state index in [9.17, 15) is 0 Å². The summed E-state index contributed by atoms with van der Waals surface area (Å²) in [6.45, 7) is 0. The molecule has 0 atom stereocenters. The van der Waals surface area contributed by atoms with E-state index in [1.54, 1.807) is 0 Å². The van der Waals surface area contributed by atoms with E-state index in [0.29, 0.717) is 0 Å². The van der Waals surface area contributed by atoms with Gasteiger partial charge in [0, 0.05) is 0 Å². The molecule has 15 heavy (non-hydrogen) atoms. The summed E-state index contributed by atoms with van der Waals surface area (Å²) in [7, 11) is 0. The maximum absolute atomic E-state index is 0. The Morgan fingerprint density at radius 1 is 0.333 bits per heavy atom. The second-order valence-corrected chi connectivity index (χ2v) is 0. The fourth-order valence-corrected chi connectivity index (χ4v) is 0. The van der Waals surface area contributed by atoms with Gasteiger partial charge in [0.2, 0.25) is 0 Å². The van der Waals surface area contributed by atoms with Crippen molar-refractivity contribution in [2.45, 2.75) is 0 Å². The van der Waals surface area contributed by atoms with Crippen LogP contribution in [-0.2, 0) is 72.5 Å². The minimum atomic E-state index is 0. The minimum absolute atomic E-state index is 0. The topological polar surface area (TPSA) is 200 Å². The Balaban J connectivity index is 0. The van der Waals surface area contributed by atoms with Gasteiger partial charge in [0.15, 0.2) is 0 Å². The Kier molecular flexibility index (Phi) is 1730. The van der Waals surface area contributed by atoms with Gasteiger partial charge in [-0.05, 0) is 0 Å². The predicted molar refractivity (Wildman–Crippen MR) is 39.3 cm³/mol. The Morgan fingerprint density at radius 3 is 0.333 bits per heavy atom. The molecule has 0 rings (SSSR count). The first-order valence-electron chi connectivity index (χ1n) is 0. The molecule has 0 spiro atoms. The van der Waals surface area contributed by atoms with Gasteiger partial charge in [0.25, 0.3) is 0 Å². The summed E-state index contributed by atoms with van der Waals surface area (Å²) in [4.78, 5) is 0. The summed E-state index contributed by atoms with van der Waals surface area (Å²) in [5, 5.41) is 0. The standard InChI is InChI=1S/2Ca.2Cu.7O.2Sr.2Tl/q4*+2;7*-2;2*+2;2*+1. The van der Waals surface area contributed by atoms with Crippen LogP contribution in [0.2, 0.25) is 0 Å². The van der Waals surface area contributed by atoms with Gasteiger partial charge in [0.1, 0.15) is 0 Å². The van der Waals surface area contributed by atoms with E-state index in [2.05, 4.69) is 0 Å². The second kappa shape index (κ2) is 150. The number of rotatable bonds is 0. The van der Waals surface area contributed by atoms with Crippen molar-refractivity contribution in [2.24, 2.45) is 0 Å². The van der Waals surface area contributed by atoms with Gasteiger partial charge in [-0.15, -0.1) is 0 Å². The van der Waals surface area contributed by atoms with Crippen LogP contribution in [0.25, 0.3) is 0 Å². The SMILES string of the molecule is [Ca+2].[Ca+2].[Cu+2].[Cu+2].[O-2].[O-2].[O-2].[O-2].[O-2].[O-2].[O-2].[Sr+2].[Sr+2].[Tl+].[Tl+]. The van der Waals surface area contributed by atoms with Crippen molar-refractivity contribution in [1.29, 1.82) is 0 Å². The Hall–Kier alpha value is 8.08. The molecule has 0 N–H and O–H groups in total. The van der Waals surface area contributed by atoms with Gasteiger partial charge in [-0.25, -0.2) is 0 Å². The molecule has 78 valence electrons. The van der Waals surface area contributed by atoms with Crippen LogP contribution in [0.15, 0.2) is 0 Å². The Labute approximate surface area is 284 Å². The summed E-state index contributed by atoms with van der Waals surface area (Å²) < 4.78 is 0. The van der Waals surface area contributed by atoms with Crippen LogP contribution in [0.4, 0.5) is 0 Å². The summed E-state index contributed by atoms with van der Waals surface area (Å²) in [5.41, 5.74) is 0. The van der Waals surface area contributed by atoms with Crippen LogP contribution < -0.4 is 0 Å². The maximum atomic E-state index is 0. The van der Waals surface area contributed by atoms with E-state index in [-0.39, 0.29) is 294 Å². The predicted octanol–water partition coefficient (Wildman–Crippen LogP) is -3.12. The number of hydrogen-bond donors (Lipinski definition) is 0. The first kappa shape index (κ1) is 172. The van der Waals surface area contributed by atoms with E-state index in [1.165, 1.54) is 0 Å². The van der Waals surface area contributed by atoms with Crippen molar-refractivity contribution >= 4 is 221 Å². The fraction of sp³-hybridized carbons (Fsp3) is 0. The van der Waals surface area contributed by atoms with Crippen molar-refractivity contribution in [3.63, 3.8) is 0 Å². The second-order valence-electron chi connectivity index (χ2n) is 0. The molecular weight excluding hydrogens is 903 g/mol. The van der Waals surface area contributed by atoms with E-state index < -0.39 is 0 Å². The molecule has 2 radical (unpaired) electrons. The van der Waals surface area contributed by atoms with Gasteiger partial charge in [0.05, 0.1) is 0 Å². The van der Waals surface area contributed by atoms with Gasteiger partial charge in [-0.2, -0.15) is 0 Å². The van der Waals surface area contributed by atoms with Crippen molar-refractivity contribution in [3.8, 4) is 0 Å². The normalized spacial score (nSPS) is 0. The number of hydrogen-bond acceptors (Lipinski definition) is 0. The molecule has 0 amide bonds. The van der Waals surface area contributed by atoms with Crippen molar-refractivity contribution in [2.75, 3.05) is 0 Å². The van der Waals surface area contributed by atoms with Gasteiger partial charge in [-0.1, -0.05) is 0 Å². The van der Waals surface area contributed by atoms with Gasteiger partial charge in [-0.3, -0.25) is 0 Å². The van der Waals surface area contributed by atoms with Crippen molar-refractivity contribution < 1.29 is 72.5 Å². The largest absolute Gasteiger partial charge is 2.00 e. The molecule has 7 nitrogen and oxygen atoms in total. The van der Waals surface area contributed by atoms with E-state index >= 15 is 0 Å². The third-order valence-corrected chi connectivity index (χ3v) is 0. The summed E-state index contributed by atoms with van der Waals surface area (Å²) in [5.74, 6) is 0. The Bertz CT molecular complexity index is 31.0. The summed E-state index contributed by atoms with van der Waals surface area (Å²) in [6, 6.07) is 0. The van der Waals surface area contributed by atoms with Crippen LogP contribution in [0.5, 0.6) is 0 Å². The molecule has 15 heteroatoms. The molecule has 0 aliphatic carbocycles. The zero-order valence-electron chi connectivity index (χ0n) is 7.44. The molecule has 0 heterocycles. The van der Waals surface area contributed by atoms with Crippen LogP contribution in [0.1, 0.15) is 0 Å². The molecular formula is Ca2Cu2O7Sr2Tl2. The van der Waals surface area contributed by atoms with Gasteiger partial charge < -0.3 is 38.3 Å². The molecule has 0 aliphatic rings. The fourth-order valence-electron chi connectivity index (χ4n) is 0. The van der Waals surface area contributed by atoms with Crippen LogP contribution in [-0.4, -0.2) is 221 Å². The monoisotopic (exact) mass is 904 g/mol. The quantitative estimate of drug-likeness (QED) is 0.222. The maximum Gasteiger partial charge on any atom is 2.00 e. The average Bonchev–Trinajstić information content (AvgIpc) is 0. The minimum Gasteiger partial charge on any atom is -2.00 e. The average molecular weight is 903 g/mol. The molecule has 0 saturated carbocycles. The third kappa shape index (κ3) is 136. The molecule has 0 aromatic carbocycles. The van der Waals surface area contributed by atoms with E-state index in [0.717, 1.165) is 0 Å². The van der Waals surface area contributed by atoms with Crippen LogP contribution in [0.3, 0.4) is 0 Å². The molecule has 0 aromatic heterocycles. The Morgan fingerprint density at radius 2 is 0.333 bits per heavy atom. The van der Waals surface area contributed by atoms with Crippen LogP contribution >= 0.6 is 0 Å². The molecule has 0 fully saturated rings. The first-order valence-corrected chi connectivity index (χ1v) is 0. The van der Waals surface area contributed by atoms with Crippen molar-refractivity contribution in [3.05, 3.63) is 0 Å². The zero-order chi connectivity index (χ0) is 0. The molecule has 0 aromatic rings. The summed E-state index contributed by atoms with van der Waals surface area (Å²) in [6.07, 6.45) is 0. The molecule has 0 unspecified atom stereocenters. The van der Waals surface area contributed by atoms with E-state index in [4.69, 9.17) is 0 Å². The molecule has 0 saturated heterocycles. The first-order chi connectivity index (χ1) is 0. The summed E-state index contributed by atoms with van der Waals surface area (Å²) >= 11 is 0.